The molecule has 2 aromatic carbocycles. The van der Waals surface area contributed by atoms with Crippen LogP contribution in [0.1, 0.15) is 12.0 Å². The molecule has 156 valence electrons. The third-order valence-electron chi connectivity index (χ3n) is 5.22. The molecule has 6 nitrogen and oxygen atoms in total. The van der Waals surface area contributed by atoms with Crippen LogP contribution in [0.15, 0.2) is 72.4 Å². The number of fused-ring (bicyclic) bond motifs is 1. The van der Waals surface area contributed by atoms with Crippen molar-refractivity contribution in [2.45, 2.75) is 18.9 Å². The Morgan fingerprint density at radius 3 is 2.68 bits per heavy atom. The first-order valence-corrected chi connectivity index (χ1v) is 11.1. The highest BCUT2D eigenvalue weighted by molar-refractivity contribution is 7.17. The smallest absolute Gasteiger partial charge is 0.310 e. The van der Waals surface area contributed by atoms with Gasteiger partial charge in [-0.15, -0.1) is 11.3 Å². The first-order valence-electron chi connectivity index (χ1n) is 10.2. The summed E-state index contributed by atoms with van der Waals surface area (Å²) in [4.78, 5) is 23.4. The number of aromatic nitrogens is 2. The minimum atomic E-state index is -0.215. The first-order chi connectivity index (χ1) is 15.2. The molecule has 0 amide bonds. The third kappa shape index (κ3) is 4.51. The van der Waals surface area contributed by atoms with Crippen molar-refractivity contribution in [1.82, 2.24) is 9.97 Å². The largest absolute Gasteiger partial charge is 0.460 e. The number of nitrogens with zero attached hydrogens (tertiary/aromatic N) is 3. The van der Waals surface area contributed by atoms with Gasteiger partial charge in [-0.1, -0.05) is 30.3 Å². The molecule has 1 aliphatic heterocycles. The van der Waals surface area contributed by atoms with E-state index in [2.05, 4.69) is 14.9 Å². The Kier molecular flexibility index (Phi) is 5.50. The lowest BCUT2D eigenvalue weighted by atomic mass is 10.1. The zero-order valence-corrected chi connectivity index (χ0v) is 17.6. The van der Waals surface area contributed by atoms with Gasteiger partial charge in [0.2, 0.25) is 0 Å². The van der Waals surface area contributed by atoms with Gasteiger partial charge in [-0.05, 0) is 41.3 Å². The maximum atomic E-state index is 12.5. The van der Waals surface area contributed by atoms with E-state index < -0.39 is 0 Å². The lowest BCUT2D eigenvalue weighted by Gasteiger charge is -2.18. The Balaban J connectivity index is 1.15. The maximum Gasteiger partial charge on any atom is 0.310 e. The Morgan fingerprint density at radius 1 is 1.03 bits per heavy atom. The molecule has 7 heteroatoms. The summed E-state index contributed by atoms with van der Waals surface area (Å²) in [6.45, 7) is 1.47. The van der Waals surface area contributed by atoms with Gasteiger partial charge in [-0.25, -0.2) is 9.97 Å². The van der Waals surface area contributed by atoms with E-state index in [4.69, 9.17) is 9.47 Å². The van der Waals surface area contributed by atoms with E-state index in [-0.39, 0.29) is 18.5 Å². The van der Waals surface area contributed by atoms with Crippen LogP contribution >= 0.6 is 11.3 Å². The monoisotopic (exact) mass is 431 g/mol. The SMILES string of the molecule is O=C(Cc1ccc(Oc2ccccc2)cc1)OC1CCN(c2ncnc3ccsc23)C1. The maximum absolute atomic E-state index is 12.5. The van der Waals surface area contributed by atoms with E-state index in [1.807, 2.05) is 66.0 Å². The highest BCUT2D eigenvalue weighted by Crippen LogP contribution is 2.30. The van der Waals surface area contributed by atoms with Crippen LogP contribution in [0.4, 0.5) is 5.82 Å². The second kappa shape index (κ2) is 8.73. The fraction of sp³-hybridized carbons (Fsp3) is 0.208. The molecule has 1 aliphatic rings. The molecule has 1 atom stereocenters. The quantitative estimate of drug-likeness (QED) is 0.407. The van der Waals surface area contributed by atoms with Crippen molar-refractivity contribution in [3.63, 3.8) is 0 Å². The fourth-order valence-electron chi connectivity index (χ4n) is 3.71. The summed E-state index contributed by atoms with van der Waals surface area (Å²) in [5.74, 6) is 2.23. The molecule has 3 heterocycles. The summed E-state index contributed by atoms with van der Waals surface area (Å²) in [6, 6.07) is 19.1. The average molecular weight is 432 g/mol. The summed E-state index contributed by atoms with van der Waals surface area (Å²) in [6.07, 6.45) is 2.50. The van der Waals surface area contributed by atoms with Gasteiger partial charge in [-0.3, -0.25) is 4.79 Å². The molecule has 0 saturated carbocycles. The number of benzene rings is 2. The number of rotatable bonds is 6. The minimum Gasteiger partial charge on any atom is -0.460 e. The first kappa shape index (κ1) is 19.5. The Morgan fingerprint density at radius 2 is 1.84 bits per heavy atom. The van der Waals surface area contributed by atoms with E-state index in [1.54, 1.807) is 17.7 Å². The standard InChI is InChI=1S/C24H21N3O3S/c28-22(14-17-6-8-19(9-7-17)29-18-4-2-1-3-5-18)30-20-10-12-27(15-20)24-23-21(11-13-31-23)25-16-26-24/h1-9,11,13,16,20H,10,12,14-15H2. The third-order valence-corrected chi connectivity index (χ3v) is 6.12. The van der Waals surface area contributed by atoms with Crippen molar-refractivity contribution in [2.75, 3.05) is 18.0 Å². The van der Waals surface area contributed by atoms with E-state index in [0.717, 1.165) is 46.1 Å². The molecule has 1 fully saturated rings. The predicted octanol–water partition coefficient (Wildman–Crippen LogP) is 4.85. The number of para-hydroxylation sites is 1. The van der Waals surface area contributed by atoms with Gasteiger partial charge in [0.1, 0.15) is 29.7 Å². The van der Waals surface area contributed by atoms with Gasteiger partial charge in [0.25, 0.3) is 0 Å². The minimum absolute atomic E-state index is 0.127. The molecular weight excluding hydrogens is 410 g/mol. The molecule has 0 radical (unpaired) electrons. The fourth-order valence-corrected chi connectivity index (χ4v) is 4.57. The van der Waals surface area contributed by atoms with Crippen molar-refractivity contribution < 1.29 is 14.3 Å². The van der Waals surface area contributed by atoms with Crippen LogP contribution in [-0.4, -0.2) is 35.1 Å². The number of carbonyl (C=O) groups excluding carboxylic acids is 1. The lowest BCUT2D eigenvalue weighted by Crippen LogP contribution is -2.26. The summed E-state index contributed by atoms with van der Waals surface area (Å²) >= 11 is 1.63. The Bertz CT molecular complexity index is 1180. The average Bonchev–Trinajstić information content (AvgIpc) is 3.45. The number of hydrogen-bond donors (Lipinski definition) is 0. The normalized spacial score (nSPS) is 15.9. The van der Waals surface area contributed by atoms with Gasteiger partial charge < -0.3 is 14.4 Å². The lowest BCUT2D eigenvalue weighted by molar-refractivity contribution is -0.147. The number of thiophene rings is 1. The van der Waals surface area contributed by atoms with E-state index >= 15 is 0 Å². The van der Waals surface area contributed by atoms with Crippen molar-refractivity contribution >= 4 is 33.3 Å². The van der Waals surface area contributed by atoms with Crippen LogP contribution in [0.2, 0.25) is 0 Å². The molecule has 0 bridgehead atoms. The van der Waals surface area contributed by atoms with Gasteiger partial charge in [0.15, 0.2) is 0 Å². The van der Waals surface area contributed by atoms with Crippen LogP contribution in [0.3, 0.4) is 0 Å². The van der Waals surface area contributed by atoms with Gasteiger partial charge >= 0.3 is 5.97 Å². The number of carbonyl (C=O) groups is 1. The molecule has 1 saturated heterocycles. The highest BCUT2D eigenvalue weighted by atomic mass is 32.1. The number of anilines is 1. The predicted molar refractivity (Wildman–Crippen MR) is 121 cm³/mol. The van der Waals surface area contributed by atoms with Crippen LogP contribution in [0, 0.1) is 0 Å². The number of ether oxygens (including phenoxy) is 2. The van der Waals surface area contributed by atoms with Crippen LogP contribution in [-0.2, 0) is 16.0 Å². The van der Waals surface area contributed by atoms with Gasteiger partial charge in [0, 0.05) is 13.0 Å². The van der Waals surface area contributed by atoms with E-state index in [0.29, 0.717) is 6.54 Å². The van der Waals surface area contributed by atoms with Gasteiger partial charge in [0.05, 0.1) is 23.2 Å². The molecule has 0 aliphatic carbocycles. The van der Waals surface area contributed by atoms with Crippen molar-refractivity contribution in [3.05, 3.63) is 77.9 Å². The Labute approximate surface area is 184 Å². The molecule has 0 spiro atoms. The van der Waals surface area contributed by atoms with Crippen molar-refractivity contribution in [2.24, 2.45) is 0 Å². The van der Waals surface area contributed by atoms with Crippen LogP contribution in [0.25, 0.3) is 10.2 Å². The zero-order valence-electron chi connectivity index (χ0n) is 16.8. The van der Waals surface area contributed by atoms with Crippen LogP contribution in [0.5, 0.6) is 11.5 Å². The van der Waals surface area contributed by atoms with Crippen LogP contribution < -0.4 is 9.64 Å². The summed E-state index contributed by atoms with van der Waals surface area (Å²) in [7, 11) is 0. The molecule has 5 rings (SSSR count). The molecule has 4 aromatic rings. The number of hydrogen-bond acceptors (Lipinski definition) is 7. The molecule has 31 heavy (non-hydrogen) atoms. The second-order valence-electron chi connectivity index (χ2n) is 7.41. The highest BCUT2D eigenvalue weighted by Gasteiger charge is 2.28. The molecule has 2 aromatic heterocycles. The molecule has 1 unspecified atom stereocenters. The van der Waals surface area contributed by atoms with E-state index in [9.17, 15) is 4.79 Å². The zero-order chi connectivity index (χ0) is 21.0. The van der Waals surface area contributed by atoms with Gasteiger partial charge in [-0.2, -0.15) is 0 Å². The van der Waals surface area contributed by atoms with Crippen molar-refractivity contribution in [3.8, 4) is 11.5 Å². The summed E-state index contributed by atoms with van der Waals surface area (Å²) in [5.41, 5.74) is 1.85. The molecule has 0 N–H and O–H groups in total. The summed E-state index contributed by atoms with van der Waals surface area (Å²) in [5, 5.41) is 2.02. The second-order valence-corrected chi connectivity index (χ2v) is 8.33. The molecular formula is C24H21N3O3S. The van der Waals surface area contributed by atoms with Crippen molar-refractivity contribution in [1.29, 1.82) is 0 Å². The number of esters is 1. The topological polar surface area (TPSA) is 64.6 Å². The van der Waals surface area contributed by atoms with E-state index in [1.165, 1.54) is 0 Å². The Hall–Kier alpha value is -3.45. The summed E-state index contributed by atoms with van der Waals surface area (Å²) < 4.78 is 12.6.